The van der Waals surface area contributed by atoms with Crippen LogP contribution < -0.4 is 4.74 Å². The summed E-state index contributed by atoms with van der Waals surface area (Å²) in [4.78, 5) is 6.82. The molecule has 1 aliphatic heterocycles. The Morgan fingerprint density at radius 2 is 1.96 bits per heavy atom. The van der Waals surface area contributed by atoms with Gasteiger partial charge in [0.15, 0.2) is 5.82 Å². The van der Waals surface area contributed by atoms with Crippen molar-refractivity contribution in [2.75, 3.05) is 26.8 Å². The summed E-state index contributed by atoms with van der Waals surface area (Å²) in [5.74, 6) is 2.03. The van der Waals surface area contributed by atoms with Crippen LogP contribution >= 0.6 is 0 Å². The predicted molar refractivity (Wildman–Crippen MR) is 90.6 cm³/mol. The van der Waals surface area contributed by atoms with Crippen LogP contribution in [0.15, 0.2) is 28.8 Å². The van der Waals surface area contributed by atoms with Gasteiger partial charge in [0, 0.05) is 12.2 Å². The molecule has 24 heavy (non-hydrogen) atoms. The van der Waals surface area contributed by atoms with E-state index in [4.69, 9.17) is 9.26 Å². The molecule has 0 aliphatic carbocycles. The highest BCUT2D eigenvalue weighted by Gasteiger charge is 2.32. The van der Waals surface area contributed by atoms with Crippen LogP contribution in [0, 0.1) is 5.41 Å². The van der Waals surface area contributed by atoms with Crippen molar-refractivity contribution in [3.05, 3.63) is 30.1 Å². The van der Waals surface area contributed by atoms with Crippen LogP contribution in [0.4, 0.5) is 0 Å². The third-order valence-electron chi connectivity index (χ3n) is 5.17. The number of hydrogen-bond donors (Lipinski definition) is 1. The highest BCUT2D eigenvalue weighted by atomic mass is 16.5. The quantitative estimate of drug-likeness (QED) is 0.877. The van der Waals surface area contributed by atoms with E-state index in [1.165, 1.54) is 0 Å². The molecular formula is C18H25N3O3. The summed E-state index contributed by atoms with van der Waals surface area (Å²) in [6, 6.07) is 7.58. The molecule has 0 radical (unpaired) electrons. The van der Waals surface area contributed by atoms with Gasteiger partial charge in [0.25, 0.3) is 5.89 Å². The molecule has 0 bridgehead atoms. The lowest BCUT2D eigenvalue weighted by Gasteiger charge is -2.39. The maximum Gasteiger partial charge on any atom is 0.257 e. The molecule has 0 spiro atoms. The summed E-state index contributed by atoms with van der Waals surface area (Å²) in [6.07, 6.45) is 3.06. The first-order valence-corrected chi connectivity index (χ1v) is 8.48. The normalized spacial score (nSPS) is 17.8. The minimum atomic E-state index is 0.0992. The molecule has 1 saturated heterocycles. The Kier molecular flexibility index (Phi) is 5.16. The third kappa shape index (κ3) is 3.60. The summed E-state index contributed by atoms with van der Waals surface area (Å²) in [7, 11) is 1.64. The first-order valence-electron chi connectivity index (χ1n) is 8.48. The summed E-state index contributed by atoms with van der Waals surface area (Å²) in [6.45, 7) is 5.04. The van der Waals surface area contributed by atoms with E-state index in [1.807, 2.05) is 24.3 Å². The van der Waals surface area contributed by atoms with Gasteiger partial charge in [0.2, 0.25) is 0 Å². The molecule has 1 aliphatic rings. The number of aliphatic hydroxyl groups is 1. The van der Waals surface area contributed by atoms with E-state index >= 15 is 0 Å². The number of nitrogens with zero attached hydrogens (tertiary/aromatic N) is 3. The fourth-order valence-corrected chi connectivity index (χ4v) is 3.18. The van der Waals surface area contributed by atoms with Gasteiger partial charge >= 0.3 is 0 Å². The SMILES string of the molecule is CCC1(CO)CCN(Cc2noc(-c3ccc(OC)cc3)n2)CC1. The summed E-state index contributed by atoms with van der Waals surface area (Å²) in [5.41, 5.74) is 0.987. The maximum atomic E-state index is 9.62. The molecule has 1 fully saturated rings. The molecule has 0 atom stereocenters. The molecule has 1 N–H and O–H groups in total. The van der Waals surface area contributed by atoms with E-state index in [2.05, 4.69) is 22.0 Å². The number of benzene rings is 1. The second-order valence-corrected chi connectivity index (χ2v) is 6.53. The summed E-state index contributed by atoms with van der Waals surface area (Å²) in [5, 5.41) is 13.7. The monoisotopic (exact) mass is 331 g/mol. The van der Waals surface area contributed by atoms with Crippen molar-refractivity contribution >= 4 is 0 Å². The van der Waals surface area contributed by atoms with E-state index in [-0.39, 0.29) is 12.0 Å². The van der Waals surface area contributed by atoms with Gasteiger partial charge in [-0.1, -0.05) is 12.1 Å². The summed E-state index contributed by atoms with van der Waals surface area (Å²) < 4.78 is 10.5. The lowest BCUT2D eigenvalue weighted by Crippen LogP contribution is -2.41. The van der Waals surface area contributed by atoms with E-state index in [0.717, 1.165) is 43.7 Å². The van der Waals surface area contributed by atoms with Gasteiger partial charge in [-0.15, -0.1) is 0 Å². The second kappa shape index (κ2) is 7.32. The van der Waals surface area contributed by atoms with Crippen LogP contribution in [-0.2, 0) is 6.54 Å². The number of methoxy groups -OCH3 is 1. The van der Waals surface area contributed by atoms with E-state index < -0.39 is 0 Å². The van der Waals surface area contributed by atoms with Crippen LogP contribution in [0.5, 0.6) is 5.75 Å². The number of likely N-dealkylation sites (tertiary alicyclic amines) is 1. The molecule has 0 saturated carbocycles. The molecule has 2 heterocycles. The Hall–Kier alpha value is -1.92. The second-order valence-electron chi connectivity index (χ2n) is 6.53. The van der Waals surface area contributed by atoms with Crippen LogP contribution in [-0.4, -0.2) is 47.0 Å². The Bertz CT molecular complexity index is 640. The third-order valence-corrected chi connectivity index (χ3v) is 5.17. The molecule has 0 unspecified atom stereocenters. The molecule has 6 nitrogen and oxygen atoms in total. The zero-order valence-electron chi connectivity index (χ0n) is 14.4. The van der Waals surface area contributed by atoms with Crippen LogP contribution in [0.3, 0.4) is 0 Å². The van der Waals surface area contributed by atoms with Crippen LogP contribution in [0.2, 0.25) is 0 Å². The van der Waals surface area contributed by atoms with Crippen molar-refractivity contribution in [3.8, 4) is 17.2 Å². The van der Waals surface area contributed by atoms with Gasteiger partial charge in [0.05, 0.1) is 13.7 Å². The molecule has 6 heteroatoms. The smallest absolute Gasteiger partial charge is 0.257 e. The van der Waals surface area contributed by atoms with Crippen molar-refractivity contribution in [1.82, 2.24) is 15.0 Å². The average Bonchev–Trinajstić information content (AvgIpc) is 3.11. The topological polar surface area (TPSA) is 71.6 Å². The van der Waals surface area contributed by atoms with Crippen molar-refractivity contribution < 1.29 is 14.4 Å². The Labute approximate surface area is 142 Å². The van der Waals surface area contributed by atoms with E-state index in [0.29, 0.717) is 18.3 Å². The fourth-order valence-electron chi connectivity index (χ4n) is 3.18. The van der Waals surface area contributed by atoms with Gasteiger partial charge in [-0.2, -0.15) is 4.98 Å². The molecule has 3 rings (SSSR count). The van der Waals surface area contributed by atoms with E-state index in [1.54, 1.807) is 7.11 Å². The van der Waals surface area contributed by atoms with Gasteiger partial charge in [-0.3, -0.25) is 4.90 Å². The van der Waals surface area contributed by atoms with Crippen molar-refractivity contribution in [2.24, 2.45) is 5.41 Å². The highest BCUT2D eigenvalue weighted by molar-refractivity contribution is 5.54. The summed E-state index contributed by atoms with van der Waals surface area (Å²) >= 11 is 0. The van der Waals surface area contributed by atoms with Crippen LogP contribution in [0.25, 0.3) is 11.5 Å². The maximum absolute atomic E-state index is 9.62. The minimum absolute atomic E-state index is 0.0992. The van der Waals surface area contributed by atoms with Crippen molar-refractivity contribution in [3.63, 3.8) is 0 Å². The molecule has 0 amide bonds. The largest absolute Gasteiger partial charge is 0.497 e. The molecule has 2 aromatic rings. The number of piperidine rings is 1. The number of aromatic nitrogens is 2. The fraction of sp³-hybridized carbons (Fsp3) is 0.556. The Morgan fingerprint density at radius 1 is 1.25 bits per heavy atom. The predicted octanol–water partition coefficient (Wildman–Crippen LogP) is 2.73. The standard InChI is InChI=1S/C18H25N3O3/c1-3-18(13-22)8-10-21(11-9-18)12-16-19-17(24-20-16)14-4-6-15(23-2)7-5-14/h4-7,22H,3,8-13H2,1-2H3. The Morgan fingerprint density at radius 3 is 2.54 bits per heavy atom. The zero-order valence-corrected chi connectivity index (χ0v) is 14.4. The van der Waals surface area contributed by atoms with E-state index in [9.17, 15) is 5.11 Å². The Balaban J connectivity index is 1.60. The molecule has 130 valence electrons. The minimum Gasteiger partial charge on any atom is -0.497 e. The lowest BCUT2D eigenvalue weighted by molar-refractivity contribution is 0.0371. The van der Waals surface area contributed by atoms with Gasteiger partial charge in [-0.25, -0.2) is 0 Å². The number of ether oxygens (including phenoxy) is 1. The van der Waals surface area contributed by atoms with Gasteiger partial charge < -0.3 is 14.4 Å². The first kappa shape index (κ1) is 16.9. The van der Waals surface area contributed by atoms with Crippen LogP contribution in [0.1, 0.15) is 32.0 Å². The molecule has 1 aromatic heterocycles. The highest BCUT2D eigenvalue weighted by Crippen LogP contribution is 2.34. The van der Waals surface area contributed by atoms with Crippen molar-refractivity contribution in [1.29, 1.82) is 0 Å². The van der Waals surface area contributed by atoms with Gasteiger partial charge in [-0.05, 0) is 62.0 Å². The average molecular weight is 331 g/mol. The number of hydrogen-bond acceptors (Lipinski definition) is 6. The molecule has 1 aromatic carbocycles. The number of rotatable bonds is 6. The van der Waals surface area contributed by atoms with Gasteiger partial charge in [0.1, 0.15) is 5.75 Å². The molecular weight excluding hydrogens is 306 g/mol. The number of aliphatic hydroxyl groups excluding tert-OH is 1. The first-order chi connectivity index (χ1) is 11.7. The zero-order chi connectivity index (χ0) is 17.0. The van der Waals surface area contributed by atoms with Crippen molar-refractivity contribution in [2.45, 2.75) is 32.7 Å². The lowest BCUT2D eigenvalue weighted by atomic mass is 9.77.